The van der Waals surface area contributed by atoms with E-state index in [1.54, 1.807) is 0 Å². The predicted octanol–water partition coefficient (Wildman–Crippen LogP) is 1.92. The molecular formula is C11H23NO2. The Morgan fingerprint density at radius 2 is 2.07 bits per heavy atom. The number of hydrogen-bond donors (Lipinski definition) is 0. The quantitative estimate of drug-likeness (QED) is 0.589. The second-order valence-electron chi connectivity index (χ2n) is 3.73. The molecule has 0 spiro atoms. The molecule has 0 saturated heterocycles. The smallest absolute Gasteiger partial charge is 0.306 e. The topological polar surface area (TPSA) is 29.5 Å². The van der Waals surface area contributed by atoms with Crippen molar-refractivity contribution in [2.24, 2.45) is 5.92 Å². The van der Waals surface area contributed by atoms with Crippen LogP contribution in [0.3, 0.4) is 0 Å². The maximum Gasteiger partial charge on any atom is 0.306 e. The van der Waals surface area contributed by atoms with Crippen molar-refractivity contribution in [3.8, 4) is 0 Å². The molecule has 1 atom stereocenters. The number of hydrogen-bond acceptors (Lipinski definition) is 3. The Kier molecular flexibility index (Phi) is 7.48. The van der Waals surface area contributed by atoms with E-state index in [0.29, 0.717) is 12.3 Å². The van der Waals surface area contributed by atoms with Gasteiger partial charge in [-0.3, -0.25) is 4.79 Å². The van der Waals surface area contributed by atoms with Crippen molar-refractivity contribution in [2.45, 2.75) is 33.6 Å². The van der Waals surface area contributed by atoms with Crippen LogP contribution in [0.15, 0.2) is 0 Å². The molecule has 1 unspecified atom stereocenters. The molecule has 0 fully saturated rings. The average molecular weight is 201 g/mol. The standard InChI is InChI=1S/C11H23NO2/c1-5-10(3)9-12(6-2)8-7-11(13)14-4/h10H,5-9H2,1-4H3. The predicted molar refractivity (Wildman–Crippen MR) is 58.2 cm³/mol. The van der Waals surface area contributed by atoms with Gasteiger partial charge in [0.05, 0.1) is 13.5 Å². The summed E-state index contributed by atoms with van der Waals surface area (Å²) < 4.78 is 4.61. The highest BCUT2D eigenvalue weighted by Gasteiger charge is 2.09. The van der Waals surface area contributed by atoms with Crippen molar-refractivity contribution in [3.63, 3.8) is 0 Å². The summed E-state index contributed by atoms with van der Waals surface area (Å²) >= 11 is 0. The molecule has 0 aromatic rings. The maximum absolute atomic E-state index is 10.9. The van der Waals surface area contributed by atoms with Gasteiger partial charge in [0.2, 0.25) is 0 Å². The largest absolute Gasteiger partial charge is 0.469 e. The second-order valence-corrected chi connectivity index (χ2v) is 3.73. The number of rotatable bonds is 7. The van der Waals surface area contributed by atoms with E-state index >= 15 is 0 Å². The lowest BCUT2D eigenvalue weighted by Crippen LogP contribution is -2.30. The van der Waals surface area contributed by atoms with Gasteiger partial charge >= 0.3 is 5.97 Å². The molecule has 0 heterocycles. The third-order valence-corrected chi connectivity index (χ3v) is 2.57. The van der Waals surface area contributed by atoms with Gasteiger partial charge in [0, 0.05) is 13.1 Å². The lowest BCUT2D eigenvalue weighted by Gasteiger charge is -2.22. The number of carbonyl (C=O) groups excluding carboxylic acids is 1. The highest BCUT2D eigenvalue weighted by Crippen LogP contribution is 2.04. The van der Waals surface area contributed by atoms with Gasteiger partial charge in [0.1, 0.15) is 0 Å². The molecule has 3 nitrogen and oxygen atoms in total. The van der Waals surface area contributed by atoms with E-state index in [4.69, 9.17) is 0 Å². The normalized spacial score (nSPS) is 12.9. The van der Waals surface area contributed by atoms with Crippen molar-refractivity contribution in [1.82, 2.24) is 4.90 Å². The van der Waals surface area contributed by atoms with Gasteiger partial charge in [-0.15, -0.1) is 0 Å². The van der Waals surface area contributed by atoms with E-state index < -0.39 is 0 Å². The molecule has 0 aromatic carbocycles. The van der Waals surface area contributed by atoms with Gasteiger partial charge in [-0.05, 0) is 12.5 Å². The first-order valence-corrected chi connectivity index (χ1v) is 5.43. The van der Waals surface area contributed by atoms with Gasteiger partial charge in [-0.1, -0.05) is 27.2 Å². The van der Waals surface area contributed by atoms with Gasteiger partial charge in [-0.2, -0.15) is 0 Å². The van der Waals surface area contributed by atoms with Crippen LogP contribution in [-0.2, 0) is 9.53 Å². The summed E-state index contributed by atoms with van der Waals surface area (Å²) in [4.78, 5) is 13.2. The van der Waals surface area contributed by atoms with Crippen LogP contribution in [0, 0.1) is 5.92 Å². The molecule has 0 aliphatic carbocycles. The summed E-state index contributed by atoms with van der Waals surface area (Å²) in [5.41, 5.74) is 0. The van der Waals surface area contributed by atoms with E-state index in [0.717, 1.165) is 19.6 Å². The molecule has 0 rings (SSSR count). The highest BCUT2D eigenvalue weighted by molar-refractivity contribution is 5.69. The fourth-order valence-corrected chi connectivity index (χ4v) is 1.30. The van der Waals surface area contributed by atoms with E-state index in [1.807, 2.05) is 0 Å². The van der Waals surface area contributed by atoms with E-state index in [2.05, 4.69) is 30.4 Å². The number of nitrogens with zero attached hydrogens (tertiary/aromatic N) is 1. The Morgan fingerprint density at radius 1 is 1.43 bits per heavy atom. The average Bonchev–Trinajstić information content (AvgIpc) is 2.22. The van der Waals surface area contributed by atoms with Crippen molar-refractivity contribution in [2.75, 3.05) is 26.7 Å². The third kappa shape index (κ3) is 5.97. The first-order chi connectivity index (χ1) is 6.63. The van der Waals surface area contributed by atoms with Crippen LogP contribution in [0.2, 0.25) is 0 Å². The van der Waals surface area contributed by atoms with E-state index in [-0.39, 0.29) is 5.97 Å². The molecule has 0 aliphatic rings. The SMILES string of the molecule is CCC(C)CN(CC)CCC(=O)OC. The Morgan fingerprint density at radius 3 is 2.50 bits per heavy atom. The van der Waals surface area contributed by atoms with Crippen LogP contribution in [0.5, 0.6) is 0 Å². The monoisotopic (exact) mass is 201 g/mol. The van der Waals surface area contributed by atoms with Crippen molar-refractivity contribution >= 4 is 5.97 Å². The number of carbonyl (C=O) groups is 1. The molecule has 0 amide bonds. The van der Waals surface area contributed by atoms with Crippen LogP contribution in [-0.4, -0.2) is 37.6 Å². The summed E-state index contributed by atoms with van der Waals surface area (Å²) in [6, 6.07) is 0. The molecule has 0 bridgehead atoms. The number of methoxy groups -OCH3 is 1. The van der Waals surface area contributed by atoms with Gasteiger partial charge < -0.3 is 9.64 Å². The number of esters is 1. The van der Waals surface area contributed by atoms with Crippen LogP contribution in [0.25, 0.3) is 0 Å². The second kappa shape index (κ2) is 7.80. The van der Waals surface area contributed by atoms with Gasteiger partial charge in [-0.25, -0.2) is 0 Å². The Bertz CT molecular complexity index is 159. The Labute approximate surface area is 87.4 Å². The molecule has 0 saturated carbocycles. The highest BCUT2D eigenvalue weighted by atomic mass is 16.5. The minimum atomic E-state index is -0.118. The lowest BCUT2D eigenvalue weighted by atomic mass is 10.1. The fourth-order valence-electron chi connectivity index (χ4n) is 1.30. The first-order valence-electron chi connectivity index (χ1n) is 5.43. The Balaban J connectivity index is 3.73. The fraction of sp³-hybridized carbons (Fsp3) is 0.909. The molecular weight excluding hydrogens is 178 g/mol. The first kappa shape index (κ1) is 13.4. The molecule has 0 N–H and O–H groups in total. The lowest BCUT2D eigenvalue weighted by molar-refractivity contribution is -0.141. The maximum atomic E-state index is 10.9. The molecule has 0 radical (unpaired) electrons. The minimum Gasteiger partial charge on any atom is -0.469 e. The van der Waals surface area contributed by atoms with Crippen molar-refractivity contribution in [1.29, 1.82) is 0 Å². The van der Waals surface area contributed by atoms with Gasteiger partial charge in [0.25, 0.3) is 0 Å². The zero-order valence-electron chi connectivity index (χ0n) is 9.88. The summed E-state index contributed by atoms with van der Waals surface area (Å²) in [5, 5.41) is 0. The summed E-state index contributed by atoms with van der Waals surface area (Å²) in [5.74, 6) is 0.584. The molecule has 0 aliphatic heterocycles. The van der Waals surface area contributed by atoms with Crippen molar-refractivity contribution < 1.29 is 9.53 Å². The van der Waals surface area contributed by atoms with Crippen LogP contribution < -0.4 is 0 Å². The third-order valence-electron chi connectivity index (χ3n) is 2.57. The van der Waals surface area contributed by atoms with Crippen LogP contribution >= 0.6 is 0 Å². The zero-order chi connectivity index (χ0) is 11.0. The summed E-state index contributed by atoms with van der Waals surface area (Å²) in [7, 11) is 1.44. The molecule has 0 aromatic heterocycles. The minimum absolute atomic E-state index is 0.118. The Hall–Kier alpha value is -0.570. The van der Waals surface area contributed by atoms with Crippen LogP contribution in [0.4, 0.5) is 0 Å². The zero-order valence-corrected chi connectivity index (χ0v) is 9.88. The van der Waals surface area contributed by atoms with E-state index in [1.165, 1.54) is 13.5 Å². The van der Waals surface area contributed by atoms with Crippen LogP contribution in [0.1, 0.15) is 33.6 Å². The van der Waals surface area contributed by atoms with E-state index in [9.17, 15) is 4.79 Å². The van der Waals surface area contributed by atoms with Gasteiger partial charge in [0.15, 0.2) is 0 Å². The molecule has 84 valence electrons. The summed E-state index contributed by atoms with van der Waals surface area (Å²) in [6.45, 7) is 9.44. The molecule has 14 heavy (non-hydrogen) atoms. The van der Waals surface area contributed by atoms with Crippen molar-refractivity contribution in [3.05, 3.63) is 0 Å². The molecule has 3 heteroatoms. The summed E-state index contributed by atoms with van der Waals surface area (Å²) in [6.07, 6.45) is 1.69. The number of ether oxygens (including phenoxy) is 1.